The lowest BCUT2D eigenvalue weighted by Gasteiger charge is -2.23. The highest BCUT2D eigenvalue weighted by molar-refractivity contribution is 7.86. The van der Waals surface area contributed by atoms with Crippen LogP contribution < -0.4 is 0 Å². The Morgan fingerprint density at radius 2 is 1.77 bits per heavy atom. The molecule has 0 saturated carbocycles. The van der Waals surface area contributed by atoms with Crippen LogP contribution in [-0.2, 0) is 30.5 Å². The molecule has 1 amide bonds. The third kappa shape index (κ3) is 4.49. The number of benzene rings is 2. The zero-order chi connectivity index (χ0) is 18.6. The summed E-state index contributed by atoms with van der Waals surface area (Å²) in [7, 11) is -3.87. The Kier molecular flexibility index (Phi) is 5.70. The molecule has 1 saturated heterocycles. The van der Waals surface area contributed by atoms with E-state index in [0.29, 0.717) is 12.8 Å². The normalized spacial score (nSPS) is 17.7. The molecule has 6 nitrogen and oxygen atoms in total. The molecule has 1 aliphatic rings. The molecule has 1 heterocycles. The molecule has 1 atom stereocenters. The summed E-state index contributed by atoms with van der Waals surface area (Å²) in [5, 5.41) is 1.25. The van der Waals surface area contributed by atoms with Gasteiger partial charge in [0.2, 0.25) is 5.91 Å². The average molecular weight is 375 g/mol. The molecule has 0 radical (unpaired) electrons. The standard InChI is InChI=1S/C19H21NO5S/c1-15-7-10-18(11-8-15)26(22,23)25-14-17-9-12-19(21)20(17)24-13-16-5-3-2-4-6-16/h2-8,10-11,17H,9,12-14H2,1H3. The van der Waals surface area contributed by atoms with Crippen LogP contribution in [0.15, 0.2) is 59.5 Å². The predicted octanol–water partition coefficient (Wildman–Crippen LogP) is 2.82. The van der Waals surface area contributed by atoms with Crippen molar-refractivity contribution in [2.75, 3.05) is 6.61 Å². The van der Waals surface area contributed by atoms with Crippen LogP contribution in [0.2, 0.25) is 0 Å². The number of aryl methyl sites for hydroxylation is 1. The van der Waals surface area contributed by atoms with Crippen molar-refractivity contribution in [3.8, 4) is 0 Å². The summed E-state index contributed by atoms with van der Waals surface area (Å²) in [6, 6.07) is 15.5. The van der Waals surface area contributed by atoms with Crippen molar-refractivity contribution in [1.29, 1.82) is 0 Å². The number of hydrogen-bond donors (Lipinski definition) is 0. The van der Waals surface area contributed by atoms with E-state index in [9.17, 15) is 13.2 Å². The first kappa shape index (κ1) is 18.6. The van der Waals surface area contributed by atoms with Gasteiger partial charge in [-0.05, 0) is 31.0 Å². The molecule has 2 aromatic carbocycles. The minimum Gasteiger partial charge on any atom is -0.273 e. The fraction of sp³-hybridized carbons (Fsp3) is 0.316. The summed E-state index contributed by atoms with van der Waals surface area (Å²) in [5.41, 5.74) is 1.89. The van der Waals surface area contributed by atoms with Crippen LogP contribution in [0.4, 0.5) is 0 Å². The second-order valence-corrected chi connectivity index (χ2v) is 7.84. The molecular formula is C19H21NO5S. The van der Waals surface area contributed by atoms with Crippen LogP contribution in [0.1, 0.15) is 24.0 Å². The van der Waals surface area contributed by atoms with Gasteiger partial charge in [0, 0.05) is 6.42 Å². The first-order chi connectivity index (χ1) is 12.5. The van der Waals surface area contributed by atoms with Crippen LogP contribution in [0, 0.1) is 6.92 Å². The molecule has 0 aliphatic carbocycles. The lowest BCUT2D eigenvalue weighted by molar-refractivity contribution is -0.197. The van der Waals surface area contributed by atoms with Crippen molar-refractivity contribution < 1.29 is 22.2 Å². The van der Waals surface area contributed by atoms with E-state index in [4.69, 9.17) is 9.02 Å². The molecule has 1 fully saturated rings. The summed E-state index contributed by atoms with van der Waals surface area (Å²) < 4.78 is 29.8. The molecule has 0 N–H and O–H groups in total. The molecule has 2 aromatic rings. The maximum atomic E-state index is 12.3. The fourth-order valence-electron chi connectivity index (χ4n) is 2.71. The topological polar surface area (TPSA) is 72.9 Å². The Balaban J connectivity index is 1.60. The van der Waals surface area contributed by atoms with Gasteiger partial charge < -0.3 is 0 Å². The van der Waals surface area contributed by atoms with E-state index in [1.165, 1.54) is 17.2 Å². The average Bonchev–Trinajstić information content (AvgIpc) is 2.99. The highest BCUT2D eigenvalue weighted by Crippen LogP contribution is 2.22. The van der Waals surface area contributed by atoms with Crippen LogP contribution in [0.5, 0.6) is 0 Å². The number of hydroxylamine groups is 2. The molecular weight excluding hydrogens is 354 g/mol. The van der Waals surface area contributed by atoms with E-state index in [0.717, 1.165) is 11.1 Å². The van der Waals surface area contributed by atoms with Gasteiger partial charge in [0.25, 0.3) is 10.1 Å². The van der Waals surface area contributed by atoms with Crippen molar-refractivity contribution in [2.45, 2.75) is 37.3 Å². The van der Waals surface area contributed by atoms with Gasteiger partial charge in [-0.2, -0.15) is 8.42 Å². The van der Waals surface area contributed by atoms with Crippen molar-refractivity contribution in [1.82, 2.24) is 5.06 Å². The number of rotatable bonds is 7. The molecule has 1 unspecified atom stereocenters. The maximum Gasteiger partial charge on any atom is 0.297 e. The third-order valence-electron chi connectivity index (χ3n) is 4.21. The lowest BCUT2D eigenvalue weighted by atomic mass is 10.2. The number of amides is 1. The molecule has 7 heteroatoms. The monoisotopic (exact) mass is 375 g/mol. The number of hydrogen-bond acceptors (Lipinski definition) is 5. The second-order valence-electron chi connectivity index (χ2n) is 6.22. The SMILES string of the molecule is Cc1ccc(S(=O)(=O)OCC2CCC(=O)N2OCc2ccccc2)cc1. The molecule has 0 spiro atoms. The Morgan fingerprint density at radius 1 is 1.08 bits per heavy atom. The van der Waals surface area contributed by atoms with E-state index < -0.39 is 16.2 Å². The minimum atomic E-state index is -3.87. The van der Waals surface area contributed by atoms with E-state index >= 15 is 0 Å². The summed E-state index contributed by atoms with van der Waals surface area (Å²) in [4.78, 5) is 17.7. The van der Waals surface area contributed by atoms with Gasteiger partial charge in [0.1, 0.15) is 6.61 Å². The Labute approximate surface area is 153 Å². The molecule has 1 aliphatic heterocycles. The largest absolute Gasteiger partial charge is 0.297 e. The number of carbonyl (C=O) groups is 1. The van der Waals surface area contributed by atoms with Gasteiger partial charge in [-0.1, -0.05) is 48.0 Å². The molecule has 26 heavy (non-hydrogen) atoms. The van der Waals surface area contributed by atoms with E-state index in [1.54, 1.807) is 12.1 Å². The van der Waals surface area contributed by atoms with Crippen LogP contribution in [-0.4, -0.2) is 32.0 Å². The number of nitrogens with zero attached hydrogens (tertiary/aromatic N) is 1. The summed E-state index contributed by atoms with van der Waals surface area (Å²) >= 11 is 0. The van der Waals surface area contributed by atoms with Gasteiger partial charge in [-0.25, -0.2) is 5.06 Å². The van der Waals surface area contributed by atoms with Crippen molar-refractivity contribution >= 4 is 16.0 Å². The zero-order valence-corrected chi connectivity index (χ0v) is 15.3. The third-order valence-corrected chi connectivity index (χ3v) is 5.50. The molecule has 138 valence electrons. The van der Waals surface area contributed by atoms with Crippen LogP contribution in [0.25, 0.3) is 0 Å². The summed E-state index contributed by atoms with van der Waals surface area (Å²) in [6.45, 7) is 1.99. The maximum absolute atomic E-state index is 12.3. The smallest absolute Gasteiger partial charge is 0.273 e. The predicted molar refractivity (Wildman–Crippen MR) is 95.4 cm³/mol. The molecule has 3 rings (SSSR count). The first-order valence-electron chi connectivity index (χ1n) is 8.41. The summed E-state index contributed by atoms with van der Waals surface area (Å²) in [5.74, 6) is -0.165. The highest BCUT2D eigenvalue weighted by atomic mass is 32.2. The van der Waals surface area contributed by atoms with Gasteiger partial charge >= 0.3 is 0 Å². The minimum absolute atomic E-state index is 0.101. The quantitative estimate of drug-likeness (QED) is 0.696. The van der Waals surface area contributed by atoms with Gasteiger partial charge in [-0.3, -0.25) is 13.8 Å². The fourth-order valence-corrected chi connectivity index (χ4v) is 3.65. The van der Waals surface area contributed by atoms with Gasteiger partial charge in [-0.15, -0.1) is 0 Å². The van der Waals surface area contributed by atoms with E-state index in [2.05, 4.69) is 0 Å². The van der Waals surface area contributed by atoms with E-state index in [1.807, 2.05) is 37.3 Å². The Bertz CT molecular complexity index is 849. The second kappa shape index (κ2) is 7.99. The Morgan fingerprint density at radius 3 is 2.46 bits per heavy atom. The Hall–Kier alpha value is -2.22. The van der Waals surface area contributed by atoms with Crippen LogP contribution in [0.3, 0.4) is 0 Å². The van der Waals surface area contributed by atoms with Crippen molar-refractivity contribution in [3.63, 3.8) is 0 Å². The van der Waals surface area contributed by atoms with E-state index in [-0.39, 0.29) is 24.0 Å². The highest BCUT2D eigenvalue weighted by Gasteiger charge is 2.34. The zero-order valence-electron chi connectivity index (χ0n) is 14.5. The van der Waals surface area contributed by atoms with Gasteiger partial charge in [0.05, 0.1) is 17.5 Å². The molecule has 0 aromatic heterocycles. The summed E-state index contributed by atoms with van der Waals surface area (Å²) in [6.07, 6.45) is 0.810. The van der Waals surface area contributed by atoms with Crippen molar-refractivity contribution in [2.24, 2.45) is 0 Å². The molecule has 0 bridgehead atoms. The van der Waals surface area contributed by atoms with Gasteiger partial charge in [0.15, 0.2) is 0 Å². The lowest BCUT2D eigenvalue weighted by Crippen LogP contribution is -2.36. The first-order valence-corrected chi connectivity index (χ1v) is 9.81. The van der Waals surface area contributed by atoms with Crippen molar-refractivity contribution in [3.05, 3.63) is 65.7 Å². The number of carbonyl (C=O) groups excluding carboxylic acids is 1. The van der Waals surface area contributed by atoms with Crippen LogP contribution >= 0.6 is 0 Å².